The molecular formula is C22H27N7O. The molecule has 3 heterocycles. The second-order valence-electron chi connectivity index (χ2n) is 8.62. The van der Waals surface area contributed by atoms with Crippen molar-refractivity contribution in [2.45, 2.75) is 43.8 Å². The highest BCUT2D eigenvalue weighted by Crippen LogP contribution is 2.46. The van der Waals surface area contributed by atoms with Crippen LogP contribution >= 0.6 is 0 Å². The van der Waals surface area contributed by atoms with E-state index in [-0.39, 0.29) is 23.6 Å². The summed E-state index contributed by atoms with van der Waals surface area (Å²) in [7, 11) is 6.05. The van der Waals surface area contributed by atoms with Crippen LogP contribution in [0.1, 0.15) is 64.6 Å². The Labute approximate surface area is 175 Å². The molecule has 3 aromatic rings. The fourth-order valence-corrected chi connectivity index (χ4v) is 5.00. The average Bonchev–Trinajstić information content (AvgIpc) is 3.16. The zero-order valence-corrected chi connectivity index (χ0v) is 17.6. The highest BCUT2D eigenvalue weighted by Gasteiger charge is 2.42. The van der Waals surface area contributed by atoms with Crippen LogP contribution in [0.5, 0.6) is 0 Å². The first-order valence-electron chi connectivity index (χ1n) is 10.5. The summed E-state index contributed by atoms with van der Waals surface area (Å²) in [4.78, 5) is 19.2. The molecule has 156 valence electrons. The van der Waals surface area contributed by atoms with Gasteiger partial charge in [0.2, 0.25) is 0 Å². The molecule has 8 nitrogen and oxygen atoms in total. The van der Waals surface area contributed by atoms with Crippen molar-refractivity contribution in [3.05, 3.63) is 74.7 Å². The number of nitrogens with zero attached hydrogens (tertiary/aromatic N) is 5. The molecule has 1 aliphatic heterocycles. The van der Waals surface area contributed by atoms with Gasteiger partial charge < -0.3 is 10.2 Å². The predicted molar refractivity (Wildman–Crippen MR) is 113 cm³/mol. The Morgan fingerprint density at radius 1 is 1.23 bits per heavy atom. The lowest BCUT2D eigenvalue weighted by molar-refractivity contribution is 0.326. The third-order valence-corrected chi connectivity index (χ3v) is 6.29. The van der Waals surface area contributed by atoms with Crippen molar-refractivity contribution in [3.8, 4) is 0 Å². The maximum atomic E-state index is 12.5. The van der Waals surface area contributed by atoms with E-state index in [1.165, 1.54) is 11.1 Å². The van der Waals surface area contributed by atoms with Gasteiger partial charge in [0.15, 0.2) is 0 Å². The zero-order chi connectivity index (χ0) is 20.8. The van der Waals surface area contributed by atoms with E-state index in [0.717, 1.165) is 48.5 Å². The van der Waals surface area contributed by atoms with E-state index >= 15 is 0 Å². The molecule has 1 aliphatic carbocycles. The van der Waals surface area contributed by atoms with Gasteiger partial charge in [-0.1, -0.05) is 24.3 Å². The van der Waals surface area contributed by atoms with Gasteiger partial charge in [0.05, 0.1) is 11.6 Å². The molecule has 2 aromatic heterocycles. The van der Waals surface area contributed by atoms with Crippen LogP contribution in [0.4, 0.5) is 0 Å². The van der Waals surface area contributed by atoms with E-state index in [2.05, 4.69) is 68.9 Å². The van der Waals surface area contributed by atoms with Crippen LogP contribution in [0, 0.1) is 0 Å². The molecule has 0 fully saturated rings. The van der Waals surface area contributed by atoms with E-state index in [9.17, 15) is 4.79 Å². The number of hydrogen-bond donors (Lipinski definition) is 2. The van der Waals surface area contributed by atoms with Crippen molar-refractivity contribution < 1.29 is 0 Å². The van der Waals surface area contributed by atoms with Crippen LogP contribution in [-0.4, -0.2) is 44.0 Å². The van der Waals surface area contributed by atoms with Crippen molar-refractivity contribution in [3.63, 3.8) is 0 Å². The molecule has 0 saturated heterocycles. The fraction of sp³-hybridized carbons (Fsp3) is 0.455. The number of nitrogens with one attached hydrogen (secondary N) is 2. The average molecular weight is 406 g/mol. The second-order valence-corrected chi connectivity index (χ2v) is 8.62. The van der Waals surface area contributed by atoms with Gasteiger partial charge in [-0.25, -0.2) is 10.1 Å². The highest BCUT2D eigenvalue weighted by atomic mass is 16.1. The topological polar surface area (TPSA) is 91.7 Å². The lowest BCUT2D eigenvalue weighted by atomic mass is 9.76. The Morgan fingerprint density at radius 2 is 2.03 bits per heavy atom. The lowest BCUT2D eigenvalue weighted by Gasteiger charge is -2.40. The van der Waals surface area contributed by atoms with E-state index < -0.39 is 0 Å². The second kappa shape index (κ2) is 7.45. The SMILES string of the molecule is CN(C)Cc1ccc([C@@H]2NC3CCCc4c3c(n[nH]c4=O)[C@H]2c2ncnn2C)cc1. The predicted octanol–water partition coefficient (Wildman–Crippen LogP) is 1.81. The Kier molecular flexibility index (Phi) is 4.75. The normalized spacial score (nSPS) is 22.9. The van der Waals surface area contributed by atoms with Crippen molar-refractivity contribution in [1.29, 1.82) is 0 Å². The van der Waals surface area contributed by atoms with Gasteiger partial charge in [0.25, 0.3) is 5.56 Å². The number of aromatic nitrogens is 5. The molecule has 0 saturated carbocycles. The maximum Gasteiger partial charge on any atom is 0.267 e. The molecule has 0 spiro atoms. The molecule has 0 radical (unpaired) electrons. The molecule has 2 N–H and O–H groups in total. The van der Waals surface area contributed by atoms with Crippen molar-refractivity contribution >= 4 is 0 Å². The van der Waals surface area contributed by atoms with Gasteiger partial charge >= 0.3 is 0 Å². The van der Waals surface area contributed by atoms with Crippen LogP contribution in [0.2, 0.25) is 0 Å². The van der Waals surface area contributed by atoms with Crippen molar-refractivity contribution in [1.82, 2.24) is 35.2 Å². The molecule has 30 heavy (non-hydrogen) atoms. The summed E-state index contributed by atoms with van der Waals surface area (Å²) in [5.74, 6) is 0.716. The molecule has 0 amide bonds. The van der Waals surface area contributed by atoms with Crippen molar-refractivity contribution in [2.75, 3.05) is 14.1 Å². The zero-order valence-electron chi connectivity index (χ0n) is 17.6. The molecule has 1 aromatic carbocycles. The van der Waals surface area contributed by atoms with Gasteiger partial charge in [0.1, 0.15) is 12.2 Å². The third-order valence-electron chi connectivity index (χ3n) is 6.29. The Balaban J connectivity index is 1.64. The summed E-state index contributed by atoms with van der Waals surface area (Å²) < 4.78 is 1.81. The Hall–Kier alpha value is -2.84. The first-order chi connectivity index (χ1) is 14.5. The highest BCUT2D eigenvalue weighted by molar-refractivity contribution is 5.43. The standard InChI is InChI=1S/C22H27N7O/c1-28(2)11-13-7-9-14(10-8-13)19-18(21-23-12-24-29(21)3)20-17-15(22(30)27-26-20)5-4-6-16(17)25-19/h7-10,12,16,18-19,25H,4-6,11H2,1-3H3,(H,27,30)/t16?,18-,19-/m0/s1. The molecule has 1 unspecified atom stereocenters. The summed E-state index contributed by atoms with van der Waals surface area (Å²) in [6.07, 6.45) is 4.39. The number of aromatic amines is 1. The van der Waals surface area contributed by atoms with Crippen LogP contribution in [-0.2, 0) is 20.0 Å². The smallest absolute Gasteiger partial charge is 0.267 e. The third kappa shape index (κ3) is 3.16. The van der Waals surface area contributed by atoms with Crippen molar-refractivity contribution in [2.24, 2.45) is 7.05 Å². The van der Waals surface area contributed by atoms with Gasteiger partial charge in [-0.15, -0.1) is 0 Å². The van der Waals surface area contributed by atoms with Crippen LogP contribution in [0.15, 0.2) is 35.4 Å². The summed E-state index contributed by atoms with van der Waals surface area (Å²) in [5, 5.41) is 15.5. The number of benzene rings is 1. The number of H-pyrrole nitrogens is 1. The minimum atomic E-state index is -0.128. The van der Waals surface area contributed by atoms with Crippen LogP contribution in [0.3, 0.4) is 0 Å². The summed E-state index contributed by atoms with van der Waals surface area (Å²) >= 11 is 0. The minimum absolute atomic E-state index is 0.00292. The molecule has 5 rings (SSSR count). The van der Waals surface area contributed by atoms with Crippen LogP contribution in [0.25, 0.3) is 0 Å². The maximum absolute atomic E-state index is 12.5. The molecular weight excluding hydrogens is 378 g/mol. The molecule has 8 heteroatoms. The quantitative estimate of drug-likeness (QED) is 0.688. The number of rotatable bonds is 4. The Bertz CT molecular complexity index is 1120. The fourth-order valence-electron chi connectivity index (χ4n) is 5.00. The molecule has 3 atom stereocenters. The van der Waals surface area contributed by atoms with E-state index in [4.69, 9.17) is 0 Å². The molecule has 0 bridgehead atoms. The van der Waals surface area contributed by atoms with Gasteiger partial charge in [-0.3, -0.25) is 9.48 Å². The summed E-state index contributed by atoms with van der Waals surface area (Å²) in [6, 6.07) is 8.90. The van der Waals surface area contributed by atoms with Gasteiger partial charge in [-0.05, 0) is 44.5 Å². The summed E-state index contributed by atoms with van der Waals surface area (Å²) in [5.41, 5.74) is 5.26. The summed E-state index contributed by atoms with van der Waals surface area (Å²) in [6.45, 7) is 0.905. The van der Waals surface area contributed by atoms with Gasteiger partial charge in [-0.2, -0.15) is 10.2 Å². The van der Waals surface area contributed by atoms with E-state index in [1.807, 2.05) is 11.7 Å². The van der Waals surface area contributed by atoms with Gasteiger partial charge in [0, 0.05) is 36.8 Å². The monoisotopic (exact) mass is 405 g/mol. The Morgan fingerprint density at radius 3 is 2.73 bits per heavy atom. The van der Waals surface area contributed by atoms with Crippen LogP contribution < -0.4 is 10.9 Å². The lowest BCUT2D eigenvalue weighted by Crippen LogP contribution is -2.42. The number of aryl methyl sites for hydroxylation is 1. The first kappa shape index (κ1) is 19.1. The van der Waals surface area contributed by atoms with E-state index in [1.54, 1.807) is 6.33 Å². The first-order valence-corrected chi connectivity index (χ1v) is 10.5. The molecule has 2 aliphatic rings. The minimum Gasteiger partial charge on any atom is -0.305 e. The largest absolute Gasteiger partial charge is 0.305 e. The van der Waals surface area contributed by atoms with E-state index in [0.29, 0.717) is 0 Å². The number of hydrogen-bond acceptors (Lipinski definition) is 6.